The van der Waals surface area contributed by atoms with Crippen molar-refractivity contribution in [3.8, 4) is 0 Å². The maximum atomic E-state index is 11.4. The topological polar surface area (TPSA) is 81.6 Å². The molecule has 1 unspecified atom stereocenters. The molecule has 1 aromatic carbocycles. The fraction of sp³-hybridized carbons (Fsp3) is 0.364. The number of urea groups is 1. The first-order valence-corrected chi connectivity index (χ1v) is 5.44. The van der Waals surface area contributed by atoms with E-state index in [-0.39, 0.29) is 6.54 Å². The van der Waals surface area contributed by atoms with Gasteiger partial charge in [0, 0.05) is 10.7 Å². The molecule has 0 aromatic heterocycles. The summed E-state index contributed by atoms with van der Waals surface area (Å²) in [5, 5.41) is 23.8. The molecule has 0 radical (unpaired) electrons. The number of carbonyl (C=O) groups excluding carboxylic acids is 1. The van der Waals surface area contributed by atoms with Crippen LogP contribution in [0.2, 0.25) is 5.02 Å². The van der Waals surface area contributed by atoms with Gasteiger partial charge in [0.1, 0.15) is 5.60 Å². The first-order chi connectivity index (χ1) is 7.93. The SMILES string of the molecule is CC(O)(CO)CNC(=O)Nc1cccc(Cl)c1. The molecule has 0 bridgehead atoms. The van der Waals surface area contributed by atoms with E-state index in [1.165, 1.54) is 6.92 Å². The summed E-state index contributed by atoms with van der Waals surface area (Å²) in [7, 11) is 0. The van der Waals surface area contributed by atoms with E-state index >= 15 is 0 Å². The Bertz CT molecular complexity index is 396. The summed E-state index contributed by atoms with van der Waals surface area (Å²) in [4.78, 5) is 11.4. The van der Waals surface area contributed by atoms with Crippen LogP contribution in [-0.2, 0) is 0 Å². The number of rotatable bonds is 4. The van der Waals surface area contributed by atoms with Crippen molar-refractivity contribution in [1.29, 1.82) is 0 Å². The van der Waals surface area contributed by atoms with Crippen LogP contribution in [-0.4, -0.2) is 35.0 Å². The Hall–Kier alpha value is -1.30. The zero-order chi connectivity index (χ0) is 12.9. The highest BCUT2D eigenvalue weighted by Gasteiger charge is 2.19. The minimum atomic E-state index is -1.33. The molecular weight excluding hydrogens is 244 g/mol. The van der Waals surface area contributed by atoms with Crippen molar-refractivity contribution in [3.05, 3.63) is 29.3 Å². The highest BCUT2D eigenvalue weighted by atomic mass is 35.5. The zero-order valence-corrected chi connectivity index (χ0v) is 10.2. The minimum Gasteiger partial charge on any atom is -0.393 e. The summed E-state index contributed by atoms with van der Waals surface area (Å²) in [5.74, 6) is 0. The lowest BCUT2D eigenvalue weighted by Crippen LogP contribution is -2.44. The third-order valence-electron chi connectivity index (χ3n) is 2.05. The minimum absolute atomic E-state index is 0.0457. The van der Waals surface area contributed by atoms with Crippen LogP contribution in [0, 0.1) is 0 Å². The van der Waals surface area contributed by atoms with Crippen LogP contribution in [0.3, 0.4) is 0 Å². The van der Waals surface area contributed by atoms with Crippen LogP contribution < -0.4 is 10.6 Å². The Labute approximate surface area is 104 Å². The molecule has 1 rings (SSSR count). The lowest BCUT2D eigenvalue weighted by Gasteiger charge is -2.20. The van der Waals surface area contributed by atoms with Crippen LogP contribution in [0.1, 0.15) is 6.92 Å². The van der Waals surface area contributed by atoms with E-state index in [1.54, 1.807) is 24.3 Å². The van der Waals surface area contributed by atoms with E-state index in [9.17, 15) is 9.90 Å². The Morgan fingerprint density at radius 3 is 2.82 bits per heavy atom. The van der Waals surface area contributed by atoms with E-state index in [2.05, 4.69) is 10.6 Å². The molecule has 0 fully saturated rings. The second-order valence-corrected chi connectivity index (χ2v) is 4.41. The van der Waals surface area contributed by atoms with Gasteiger partial charge in [0.15, 0.2) is 0 Å². The summed E-state index contributed by atoms with van der Waals surface area (Å²) in [6.07, 6.45) is 0. The van der Waals surface area contributed by atoms with E-state index in [4.69, 9.17) is 16.7 Å². The zero-order valence-electron chi connectivity index (χ0n) is 9.40. The molecule has 1 atom stereocenters. The maximum Gasteiger partial charge on any atom is 0.319 e. The van der Waals surface area contributed by atoms with Gasteiger partial charge in [0.25, 0.3) is 0 Å². The van der Waals surface area contributed by atoms with E-state index in [1.807, 2.05) is 0 Å². The molecule has 0 aliphatic carbocycles. The number of halogens is 1. The highest BCUT2D eigenvalue weighted by Crippen LogP contribution is 2.14. The first-order valence-electron chi connectivity index (χ1n) is 5.06. The average molecular weight is 259 g/mol. The van der Waals surface area contributed by atoms with Gasteiger partial charge in [-0.25, -0.2) is 4.79 Å². The molecule has 94 valence electrons. The Balaban J connectivity index is 2.45. The number of aliphatic hydroxyl groups excluding tert-OH is 1. The number of aliphatic hydroxyl groups is 2. The number of nitrogens with one attached hydrogen (secondary N) is 2. The number of hydrogen-bond acceptors (Lipinski definition) is 3. The quantitative estimate of drug-likeness (QED) is 0.655. The van der Waals surface area contributed by atoms with Gasteiger partial charge in [0.2, 0.25) is 0 Å². The van der Waals surface area contributed by atoms with Gasteiger partial charge in [-0.1, -0.05) is 17.7 Å². The summed E-state index contributed by atoms with van der Waals surface area (Å²) < 4.78 is 0. The van der Waals surface area contributed by atoms with Gasteiger partial charge in [-0.05, 0) is 25.1 Å². The molecule has 0 aliphatic rings. The number of hydrogen-bond donors (Lipinski definition) is 4. The van der Waals surface area contributed by atoms with Crippen LogP contribution >= 0.6 is 11.6 Å². The molecule has 2 amide bonds. The molecular formula is C11H15ClN2O3. The van der Waals surface area contributed by atoms with Crippen molar-refractivity contribution in [2.75, 3.05) is 18.5 Å². The molecule has 17 heavy (non-hydrogen) atoms. The summed E-state index contributed by atoms with van der Waals surface area (Å²) in [5.41, 5.74) is -0.773. The van der Waals surface area contributed by atoms with Crippen molar-refractivity contribution in [2.24, 2.45) is 0 Å². The smallest absolute Gasteiger partial charge is 0.319 e. The fourth-order valence-electron chi connectivity index (χ4n) is 1.07. The van der Waals surface area contributed by atoms with Gasteiger partial charge in [0.05, 0.1) is 13.2 Å². The van der Waals surface area contributed by atoms with E-state index < -0.39 is 18.2 Å². The van der Waals surface area contributed by atoms with Crippen molar-refractivity contribution in [1.82, 2.24) is 5.32 Å². The molecule has 4 N–H and O–H groups in total. The van der Waals surface area contributed by atoms with Gasteiger partial charge < -0.3 is 20.8 Å². The predicted octanol–water partition coefficient (Wildman–Crippen LogP) is 1.20. The van der Waals surface area contributed by atoms with Crippen molar-refractivity contribution in [2.45, 2.75) is 12.5 Å². The Morgan fingerprint density at radius 1 is 1.53 bits per heavy atom. The van der Waals surface area contributed by atoms with Gasteiger partial charge in [-0.3, -0.25) is 0 Å². The fourth-order valence-corrected chi connectivity index (χ4v) is 1.26. The van der Waals surface area contributed by atoms with Crippen LogP contribution in [0.5, 0.6) is 0 Å². The third kappa shape index (κ3) is 5.04. The first kappa shape index (κ1) is 13.8. The monoisotopic (exact) mass is 258 g/mol. The van der Waals surface area contributed by atoms with Gasteiger partial charge in [-0.2, -0.15) is 0 Å². The largest absolute Gasteiger partial charge is 0.393 e. The van der Waals surface area contributed by atoms with Crippen LogP contribution in [0.4, 0.5) is 10.5 Å². The maximum absolute atomic E-state index is 11.4. The molecule has 0 heterocycles. The Morgan fingerprint density at radius 2 is 2.24 bits per heavy atom. The lowest BCUT2D eigenvalue weighted by atomic mass is 10.1. The number of anilines is 1. The molecule has 0 spiro atoms. The number of carbonyl (C=O) groups is 1. The van der Waals surface area contributed by atoms with E-state index in [0.717, 1.165) is 0 Å². The van der Waals surface area contributed by atoms with Gasteiger partial charge >= 0.3 is 6.03 Å². The molecule has 1 aromatic rings. The second kappa shape index (κ2) is 5.86. The van der Waals surface area contributed by atoms with Crippen molar-refractivity contribution < 1.29 is 15.0 Å². The third-order valence-corrected chi connectivity index (χ3v) is 2.29. The normalized spacial score (nSPS) is 13.9. The summed E-state index contributed by atoms with van der Waals surface area (Å²) in [6.45, 7) is 0.951. The number of amides is 2. The summed E-state index contributed by atoms with van der Waals surface area (Å²) >= 11 is 5.76. The lowest BCUT2D eigenvalue weighted by molar-refractivity contribution is 0.00514. The van der Waals surface area contributed by atoms with Crippen LogP contribution in [0.15, 0.2) is 24.3 Å². The summed E-state index contributed by atoms with van der Waals surface area (Å²) in [6, 6.07) is 6.23. The highest BCUT2D eigenvalue weighted by molar-refractivity contribution is 6.30. The van der Waals surface area contributed by atoms with Crippen molar-refractivity contribution >= 4 is 23.3 Å². The number of benzene rings is 1. The van der Waals surface area contributed by atoms with Crippen molar-refractivity contribution in [3.63, 3.8) is 0 Å². The molecule has 0 saturated carbocycles. The molecule has 6 heteroatoms. The predicted molar refractivity (Wildman–Crippen MR) is 66.2 cm³/mol. The second-order valence-electron chi connectivity index (χ2n) is 3.97. The van der Waals surface area contributed by atoms with Crippen LogP contribution in [0.25, 0.3) is 0 Å². The molecule has 5 nitrogen and oxygen atoms in total. The Kier molecular flexibility index (Phi) is 4.74. The molecule has 0 aliphatic heterocycles. The standard InChI is InChI=1S/C11H15ClN2O3/c1-11(17,7-15)6-13-10(16)14-9-4-2-3-8(12)5-9/h2-5,15,17H,6-7H2,1H3,(H2,13,14,16). The average Bonchev–Trinajstić information content (AvgIpc) is 2.27. The molecule has 0 saturated heterocycles. The van der Waals surface area contributed by atoms with E-state index in [0.29, 0.717) is 10.7 Å². The van der Waals surface area contributed by atoms with Gasteiger partial charge in [-0.15, -0.1) is 0 Å².